The van der Waals surface area contributed by atoms with Crippen molar-refractivity contribution in [3.05, 3.63) is 58.9 Å². The summed E-state index contributed by atoms with van der Waals surface area (Å²) in [5.41, 5.74) is 12.1. The smallest absolute Gasteiger partial charge is 0.275 e. The number of hydrogen-bond acceptors (Lipinski definition) is 3. The molecule has 0 atom stereocenters. The van der Waals surface area contributed by atoms with Gasteiger partial charge in [-0.05, 0) is 55.6 Å². The Hall–Kier alpha value is -2.70. The molecular weight excluding hydrogens is 333 g/mol. The van der Waals surface area contributed by atoms with E-state index in [4.69, 9.17) is 10.6 Å². The number of nitrogens with two attached hydrogens (primary N) is 1. The van der Waals surface area contributed by atoms with Crippen molar-refractivity contribution < 1.29 is 14.0 Å². The second-order valence-electron chi connectivity index (χ2n) is 6.49. The number of aryl methyl sites for hydroxylation is 1. The van der Waals surface area contributed by atoms with Crippen molar-refractivity contribution in [1.29, 1.82) is 0 Å². The molecule has 1 aliphatic rings. The molecule has 1 amide bonds. The van der Waals surface area contributed by atoms with E-state index in [0.717, 1.165) is 41.3 Å². The number of carbonyl (C=O) groups is 1. The molecule has 134 valence electrons. The quantitative estimate of drug-likeness (QED) is 0.615. The number of benzene rings is 2. The summed E-state index contributed by atoms with van der Waals surface area (Å²) in [5, 5.41) is 0.781. The first-order valence-corrected chi connectivity index (χ1v) is 8.73. The maximum atomic E-state index is 14.8. The van der Waals surface area contributed by atoms with E-state index in [9.17, 15) is 9.18 Å². The number of H-pyrrole nitrogens is 1. The van der Waals surface area contributed by atoms with Crippen LogP contribution in [0.3, 0.4) is 0 Å². The highest BCUT2D eigenvalue weighted by Crippen LogP contribution is 2.35. The summed E-state index contributed by atoms with van der Waals surface area (Å²) < 4.78 is 14.8. The van der Waals surface area contributed by atoms with Gasteiger partial charge in [-0.2, -0.15) is 0 Å². The molecule has 26 heavy (non-hydrogen) atoms. The summed E-state index contributed by atoms with van der Waals surface area (Å²) >= 11 is 0. The fraction of sp³-hybridized carbons (Fsp3) is 0.250. The minimum Gasteiger partial charge on any atom is -0.354 e. The van der Waals surface area contributed by atoms with Gasteiger partial charge in [-0.25, -0.2) is 9.87 Å². The number of hydrogen-bond donors (Lipinski definition) is 3. The monoisotopic (exact) mass is 353 g/mol. The summed E-state index contributed by atoms with van der Waals surface area (Å²) in [5.74, 6) is -0.584. The minimum absolute atomic E-state index is 0.176. The molecule has 3 aromatic rings. The Labute approximate surface area is 150 Å². The van der Waals surface area contributed by atoms with Crippen LogP contribution in [0.15, 0.2) is 36.4 Å². The van der Waals surface area contributed by atoms with Crippen LogP contribution in [0.4, 0.5) is 4.39 Å². The zero-order valence-corrected chi connectivity index (χ0v) is 14.3. The lowest BCUT2D eigenvalue weighted by molar-refractivity contribution is 0.0256. The van der Waals surface area contributed by atoms with E-state index in [2.05, 4.69) is 10.5 Å². The standard InChI is InChI=1S/C20H20FN3O2/c21-16-10-12(4-1-2-9-22)7-8-13(16)19-15-11-26-24-20(25)14-5-3-6-17(23-19)18(14)15/h3,5-8,10,23H,1-2,4,9,11,22H2,(H,24,25). The van der Waals surface area contributed by atoms with Crippen LogP contribution in [0, 0.1) is 5.82 Å². The number of hydroxylamine groups is 1. The third-order valence-corrected chi connectivity index (χ3v) is 4.78. The van der Waals surface area contributed by atoms with Crippen LogP contribution in [-0.4, -0.2) is 17.4 Å². The van der Waals surface area contributed by atoms with Crippen LogP contribution >= 0.6 is 0 Å². The van der Waals surface area contributed by atoms with Crippen LogP contribution in [0.2, 0.25) is 0 Å². The highest BCUT2D eigenvalue weighted by molar-refractivity contribution is 6.09. The molecule has 1 aromatic heterocycles. The van der Waals surface area contributed by atoms with Gasteiger partial charge in [0, 0.05) is 22.0 Å². The Balaban J connectivity index is 1.79. The molecule has 0 saturated carbocycles. The molecule has 4 N–H and O–H groups in total. The van der Waals surface area contributed by atoms with Crippen molar-refractivity contribution in [2.24, 2.45) is 5.73 Å². The lowest BCUT2D eigenvalue weighted by Crippen LogP contribution is -2.21. The predicted octanol–water partition coefficient (Wildman–Crippen LogP) is 3.43. The van der Waals surface area contributed by atoms with Crippen LogP contribution in [0.1, 0.15) is 34.3 Å². The van der Waals surface area contributed by atoms with Crippen LogP contribution in [-0.2, 0) is 17.9 Å². The zero-order chi connectivity index (χ0) is 18.1. The van der Waals surface area contributed by atoms with Crippen LogP contribution < -0.4 is 11.2 Å². The summed E-state index contributed by atoms with van der Waals surface area (Å²) in [4.78, 5) is 20.7. The molecule has 4 rings (SSSR count). The van der Waals surface area contributed by atoms with Crippen LogP contribution in [0.5, 0.6) is 0 Å². The van der Waals surface area contributed by atoms with Crippen molar-refractivity contribution >= 4 is 16.8 Å². The largest absolute Gasteiger partial charge is 0.354 e. The fourth-order valence-electron chi connectivity index (χ4n) is 3.50. The number of halogens is 1. The van der Waals surface area contributed by atoms with Gasteiger partial charge >= 0.3 is 0 Å². The molecule has 0 unspecified atom stereocenters. The van der Waals surface area contributed by atoms with Gasteiger partial charge in [-0.3, -0.25) is 9.63 Å². The number of aromatic amines is 1. The van der Waals surface area contributed by atoms with Crippen molar-refractivity contribution in [3.8, 4) is 11.3 Å². The molecule has 0 radical (unpaired) electrons. The zero-order valence-electron chi connectivity index (χ0n) is 14.3. The molecule has 2 aromatic carbocycles. The Kier molecular flexibility index (Phi) is 4.44. The van der Waals surface area contributed by atoms with E-state index in [1.54, 1.807) is 24.3 Å². The number of carbonyl (C=O) groups excluding carboxylic acids is 1. The lowest BCUT2D eigenvalue weighted by Gasteiger charge is -2.08. The van der Waals surface area contributed by atoms with Gasteiger partial charge in [0.2, 0.25) is 0 Å². The van der Waals surface area contributed by atoms with Crippen LogP contribution in [0.25, 0.3) is 22.2 Å². The summed E-state index contributed by atoms with van der Waals surface area (Å²) in [6, 6.07) is 10.7. The molecule has 0 saturated heterocycles. The molecule has 0 fully saturated rings. The Morgan fingerprint density at radius 2 is 2.04 bits per heavy atom. The van der Waals surface area contributed by atoms with E-state index < -0.39 is 0 Å². The van der Waals surface area contributed by atoms with E-state index >= 15 is 0 Å². The number of aromatic nitrogens is 1. The second kappa shape index (κ2) is 6.90. The third kappa shape index (κ3) is 2.87. The minimum atomic E-state index is -0.296. The van der Waals surface area contributed by atoms with Gasteiger partial charge in [0.25, 0.3) is 5.91 Å². The molecular formula is C20H20FN3O2. The fourth-order valence-corrected chi connectivity index (χ4v) is 3.50. The Morgan fingerprint density at radius 1 is 1.15 bits per heavy atom. The molecule has 0 bridgehead atoms. The molecule has 2 heterocycles. The average molecular weight is 353 g/mol. The topological polar surface area (TPSA) is 80.1 Å². The number of nitrogens with one attached hydrogen (secondary N) is 2. The molecule has 0 aliphatic carbocycles. The van der Waals surface area contributed by atoms with Gasteiger partial charge in [-0.1, -0.05) is 12.1 Å². The molecule has 1 aliphatic heterocycles. The van der Waals surface area contributed by atoms with E-state index in [-0.39, 0.29) is 18.3 Å². The highest BCUT2D eigenvalue weighted by Gasteiger charge is 2.24. The van der Waals surface area contributed by atoms with Crippen molar-refractivity contribution in [3.63, 3.8) is 0 Å². The van der Waals surface area contributed by atoms with Gasteiger partial charge in [0.05, 0.1) is 11.3 Å². The Bertz CT molecular complexity index is 981. The maximum Gasteiger partial charge on any atom is 0.275 e. The first kappa shape index (κ1) is 16.8. The summed E-state index contributed by atoms with van der Waals surface area (Å²) in [6.07, 6.45) is 2.67. The first-order valence-electron chi connectivity index (χ1n) is 8.73. The van der Waals surface area contributed by atoms with Gasteiger partial charge in [0.1, 0.15) is 12.4 Å². The maximum absolute atomic E-state index is 14.8. The van der Waals surface area contributed by atoms with E-state index in [1.807, 2.05) is 12.1 Å². The predicted molar refractivity (Wildman–Crippen MR) is 97.9 cm³/mol. The van der Waals surface area contributed by atoms with Crippen molar-refractivity contribution in [2.75, 3.05) is 6.54 Å². The van der Waals surface area contributed by atoms with Crippen molar-refractivity contribution in [1.82, 2.24) is 10.5 Å². The number of amides is 1. The van der Waals surface area contributed by atoms with Gasteiger partial charge < -0.3 is 10.7 Å². The normalized spacial score (nSPS) is 13.7. The first-order chi connectivity index (χ1) is 12.7. The molecule has 0 spiro atoms. The van der Waals surface area contributed by atoms with E-state index in [0.29, 0.717) is 23.4 Å². The van der Waals surface area contributed by atoms with Gasteiger partial charge in [-0.15, -0.1) is 0 Å². The SMILES string of the molecule is NCCCCc1ccc(-c2[nH]c3cccc4c3c2CONC4=O)c(F)c1. The molecule has 5 nitrogen and oxygen atoms in total. The Morgan fingerprint density at radius 3 is 2.85 bits per heavy atom. The average Bonchev–Trinajstić information content (AvgIpc) is 2.91. The number of unbranched alkanes of at least 4 members (excludes halogenated alkanes) is 1. The van der Waals surface area contributed by atoms with Gasteiger partial charge in [0.15, 0.2) is 0 Å². The number of rotatable bonds is 5. The summed E-state index contributed by atoms with van der Waals surface area (Å²) in [6.45, 7) is 0.823. The van der Waals surface area contributed by atoms with E-state index in [1.165, 1.54) is 0 Å². The van der Waals surface area contributed by atoms with Crippen molar-refractivity contribution in [2.45, 2.75) is 25.9 Å². The third-order valence-electron chi connectivity index (χ3n) is 4.78. The lowest BCUT2D eigenvalue weighted by atomic mass is 10.00. The highest BCUT2D eigenvalue weighted by atomic mass is 19.1. The summed E-state index contributed by atoms with van der Waals surface area (Å²) in [7, 11) is 0. The molecule has 6 heteroatoms. The second-order valence-corrected chi connectivity index (χ2v) is 6.49.